The van der Waals surface area contributed by atoms with E-state index < -0.39 is 35.0 Å². The van der Waals surface area contributed by atoms with Crippen molar-refractivity contribution >= 4 is 53.1 Å². The summed E-state index contributed by atoms with van der Waals surface area (Å²) < 4.78 is 44.1. The minimum Gasteiger partial charge on any atom is -0.444 e. The van der Waals surface area contributed by atoms with Crippen molar-refractivity contribution in [2.24, 2.45) is 10.9 Å². The molecule has 1 aliphatic carbocycles. The summed E-state index contributed by atoms with van der Waals surface area (Å²) >= 11 is 0. The van der Waals surface area contributed by atoms with Crippen LogP contribution in [-0.2, 0) is 19.1 Å². The number of aromatic nitrogens is 2. The maximum Gasteiger partial charge on any atom is 0.408 e. The fourth-order valence-electron chi connectivity index (χ4n) is 10.7. The highest BCUT2D eigenvalue weighted by Crippen LogP contribution is 2.48. The second-order valence-corrected chi connectivity index (χ2v) is 20.8. The van der Waals surface area contributed by atoms with Crippen molar-refractivity contribution < 1.29 is 37.4 Å². The molecule has 5 aliphatic rings. The molecule has 4 N–H and O–H groups in total. The van der Waals surface area contributed by atoms with Crippen LogP contribution in [-0.4, -0.2) is 113 Å². The molecule has 5 atom stereocenters. The number of aliphatic imine (C=N–C) groups is 1. The molecule has 5 heterocycles. The minimum atomic E-state index is -0.703. The van der Waals surface area contributed by atoms with Gasteiger partial charge in [0.25, 0.3) is 0 Å². The summed E-state index contributed by atoms with van der Waals surface area (Å²) in [6, 6.07) is 7.64. The number of carbonyl (C=O) groups excluding carboxylic acids is 4. The number of imidazole rings is 1. The average Bonchev–Trinajstić information content (AvgIpc) is 4.13. The monoisotopic (exact) mass is 955 g/mol. The first-order valence-electron chi connectivity index (χ1n) is 24.6. The number of aromatic amines is 1. The first-order valence-corrected chi connectivity index (χ1v) is 24.6. The third-order valence-electron chi connectivity index (χ3n) is 13.6. The first-order chi connectivity index (χ1) is 32.9. The smallest absolute Gasteiger partial charge is 0.408 e. The van der Waals surface area contributed by atoms with Crippen LogP contribution < -0.4 is 25.8 Å². The van der Waals surface area contributed by atoms with Crippen LogP contribution in [0.4, 0.5) is 29.7 Å². The van der Waals surface area contributed by atoms with Gasteiger partial charge in [-0.2, -0.15) is 0 Å². The molecule has 4 saturated heterocycles. The topological polar surface area (TPSA) is 177 Å². The zero-order valence-corrected chi connectivity index (χ0v) is 40.8. The van der Waals surface area contributed by atoms with Crippen LogP contribution in [0.2, 0.25) is 0 Å². The molecule has 4 amide bonds. The standard InChI is InChI=1S/C51H68F2N10O6/c1-50(2,3)68-48(66)55-29-44(64)61-24-12-16-40(61)47-58-35-19-18-31(26-37(35)59-47)38-20-21-39(63(38)42-28-33(52)41(27-34(42)53)60-22-9-8-10-23-60)32-14-11-15-36(46(32)54-7)57-43-17-13-25-62(43)45(65)30-56-49(67)69-51(4,5)6/h11,15,18-19,26-28,32,38-40,43,57H,7-10,12-14,16-17,20-25,29-30H2,1-6H3,(H,55,66)(H,56,67)(H,58,59)/t32?,38?,39?,40-,43?/m0/s1. The molecule has 1 aromatic heterocycles. The SMILES string of the molecule is C=NC1=C(NC2CCCN2C(=O)CNC(=O)OC(C)(C)C)C=CCC1C1CCC(c2ccc3[nH]c([C@@H]4CCCN4C(=O)CNC(=O)OC(C)(C)C)nc3c2)N1c1cc(F)c(N2CCCCC2)cc1F. The Labute approximate surface area is 403 Å². The maximum absolute atomic E-state index is 16.9. The Morgan fingerprint density at radius 2 is 1.42 bits per heavy atom. The van der Waals surface area contributed by atoms with Crippen LogP contribution in [0.15, 0.2) is 58.9 Å². The average molecular weight is 955 g/mol. The van der Waals surface area contributed by atoms with E-state index >= 15 is 8.78 Å². The van der Waals surface area contributed by atoms with Gasteiger partial charge in [-0.1, -0.05) is 12.1 Å². The van der Waals surface area contributed by atoms with Gasteiger partial charge in [0.2, 0.25) is 11.8 Å². The third-order valence-corrected chi connectivity index (χ3v) is 13.6. The molecule has 18 heteroatoms. The molecule has 8 rings (SSSR count). The van der Waals surface area contributed by atoms with Crippen molar-refractivity contribution in [2.45, 2.75) is 141 Å². The number of hydrogen-bond acceptors (Lipinski definition) is 11. The van der Waals surface area contributed by atoms with Gasteiger partial charge in [-0.25, -0.2) is 23.4 Å². The first kappa shape index (κ1) is 49.2. The van der Waals surface area contributed by atoms with Gasteiger partial charge in [0.1, 0.15) is 47.9 Å². The van der Waals surface area contributed by atoms with Crippen molar-refractivity contribution in [3.8, 4) is 0 Å². The number of ether oxygens (including phenoxy) is 2. The van der Waals surface area contributed by atoms with E-state index in [0.717, 1.165) is 43.2 Å². The van der Waals surface area contributed by atoms with E-state index in [-0.39, 0.29) is 66.5 Å². The summed E-state index contributed by atoms with van der Waals surface area (Å²) in [7, 11) is 0. The number of amides is 4. The molecule has 2 aromatic carbocycles. The lowest BCUT2D eigenvalue weighted by molar-refractivity contribution is -0.132. The number of benzene rings is 2. The van der Waals surface area contributed by atoms with Crippen molar-refractivity contribution in [3.05, 3.63) is 76.9 Å². The number of rotatable bonds is 12. The van der Waals surface area contributed by atoms with Crippen LogP contribution in [0, 0.1) is 17.6 Å². The summed E-state index contributed by atoms with van der Waals surface area (Å²) in [6.45, 7) is 16.5. The van der Waals surface area contributed by atoms with Crippen molar-refractivity contribution in [1.82, 2.24) is 35.7 Å². The quantitative estimate of drug-likeness (QED) is 0.129. The Hall–Kier alpha value is -6.20. The van der Waals surface area contributed by atoms with E-state index in [4.69, 9.17) is 14.5 Å². The Balaban J connectivity index is 1.07. The molecule has 0 saturated carbocycles. The largest absolute Gasteiger partial charge is 0.444 e. The number of piperidine rings is 1. The number of fused-ring (bicyclic) bond motifs is 1. The number of alkyl carbamates (subject to hydrolysis) is 2. The molecule has 0 bridgehead atoms. The molecule has 69 heavy (non-hydrogen) atoms. The second-order valence-electron chi connectivity index (χ2n) is 20.8. The summed E-state index contributed by atoms with van der Waals surface area (Å²) in [5, 5.41) is 8.73. The van der Waals surface area contributed by atoms with Gasteiger partial charge in [-0.3, -0.25) is 14.6 Å². The maximum atomic E-state index is 16.9. The van der Waals surface area contributed by atoms with Crippen molar-refractivity contribution in [1.29, 1.82) is 0 Å². The van der Waals surface area contributed by atoms with Crippen LogP contribution >= 0.6 is 0 Å². The molecule has 3 aromatic rings. The van der Waals surface area contributed by atoms with Crippen molar-refractivity contribution in [2.75, 3.05) is 49.1 Å². The summed E-state index contributed by atoms with van der Waals surface area (Å²) in [6.07, 6.45) is 9.93. The van der Waals surface area contributed by atoms with Crippen LogP contribution in [0.3, 0.4) is 0 Å². The normalized spacial score (nSPS) is 23.2. The van der Waals surface area contributed by atoms with Crippen molar-refractivity contribution in [3.63, 3.8) is 0 Å². The highest BCUT2D eigenvalue weighted by Gasteiger charge is 2.43. The lowest BCUT2D eigenvalue weighted by Crippen LogP contribution is -2.49. The predicted octanol–water partition coefficient (Wildman–Crippen LogP) is 8.28. The second kappa shape index (κ2) is 20.4. The van der Waals surface area contributed by atoms with E-state index in [1.807, 2.05) is 34.1 Å². The number of H-pyrrole nitrogens is 1. The molecule has 0 spiro atoms. The molecule has 4 aliphatic heterocycles. The number of allylic oxidation sites excluding steroid dienone is 2. The fraction of sp³-hybridized carbons (Fsp3) is 0.569. The number of halogens is 2. The lowest BCUT2D eigenvalue weighted by Gasteiger charge is -2.39. The number of nitrogens with one attached hydrogen (secondary N) is 4. The van der Waals surface area contributed by atoms with Gasteiger partial charge >= 0.3 is 12.2 Å². The van der Waals surface area contributed by atoms with Gasteiger partial charge < -0.3 is 50.0 Å². The van der Waals surface area contributed by atoms with Gasteiger partial charge in [0.15, 0.2) is 0 Å². The van der Waals surface area contributed by atoms with Crippen LogP contribution in [0.1, 0.15) is 129 Å². The van der Waals surface area contributed by atoms with Crippen LogP contribution in [0.5, 0.6) is 0 Å². The number of likely N-dealkylation sites (tertiary alicyclic amines) is 2. The summed E-state index contributed by atoms with van der Waals surface area (Å²) in [4.78, 5) is 72.0. The molecule has 4 unspecified atom stereocenters. The molecule has 372 valence electrons. The number of anilines is 2. The zero-order chi connectivity index (χ0) is 49.2. The van der Waals surface area contributed by atoms with E-state index in [1.54, 1.807) is 51.3 Å². The predicted molar refractivity (Wildman–Crippen MR) is 261 cm³/mol. The molecule has 16 nitrogen and oxygen atoms in total. The van der Waals surface area contributed by atoms with Crippen LogP contribution in [0.25, 0.3) is 11.0 Å². The number of nitrogens with zero attached hydrogens (tertiary/aromatic N) is 6. The summed E-state index contributed by atoms with van der Waals surface area (Å²) in [5.41, 5.74) is 2.75. The Kier molecular flexibility index (Phi) is 14.6. The Morgan fingerprint density at radius 3 is 2.10 bits per heavy atom. The van der Waals surface area contributed by atoms with Gasteiger partial charge in [-0.15, -0.1) is 0 Å². The number of hydrogen-bond donors (Lipinski definition) is 4. The van der Waals surface area contributed by atoms with E-state index in [0.29, 0.717) is 81.0 Å². The lowest BCUT2D eigenvalue weighted by atomic mass is 9.86. The van der Waals surface area contributed by atoms with E-state index in [2.05, 4.69) is 38.7 Å². The molecule has 4 fully saturated rings. The van der Waals surface area contributed by atoms with Gasteiger partial charge in [-0.05, 0) is 136 Å². The van der Waals surface area contributed by atoms with Gasteiger partial charge in [0, 0.05) is 50.3 Å². The fourth-order valence-corrected chi connectivity index (χ4v) is 10.7. The Morgan fingerprint density at radius 1 is 0.783 bits per heavy atom. The number of carbonyl (C=O) groups is 4. The highest BCUT2D eigenvalue weighted by atomic mass is 19.1. The van der Waals surface area contributed by atoms with E-state index in [9.17, 15) is 19.2 Å². The third kappa shape index (κ3) is 11.3. The highest BCUT2D eigenvalue weighted by molar-refractivity contribution is 5.84. The molecular weight excluding hydrogens is 887 g/mol. The Bertz CT molecular complexity index is 2490. The van der Waals surface area contributed by atoms with E-state index in [1.165, 1.54) is 12.1 Å². The van der Waals surface area contributed by atoms with Gasteiger partial charge in [0.05, 0.1) is 45.9 Å². The summed E-state index contributed by atoms with van der Waals surface area (Å²) in [5.74, 6) is -1.11. The molecule has 0 radical (unpaired) electrons. The minimum absolute atomic E-state index is 0.168. The molecular formula is C51H68F2N10O6. The zero-order valence-electron chi connectivity index (χ0n) is 40.8.